The number of nitrogens with one attached hydrogen (secondary N) is 1. The van der Waals surface area contributed by atoms with Crippen LogP contribution in [-0.4, -0.2) is 53.6 Å². The molecule has 2 aliphatic rings. The maximum absolute atomic E-state index is 6.56. The molecule has 0 spiro atoms. The summed E-state index contributed by atoms with van der Waals surface area (Å²) in [7, 11) is -1.95. The van der Waals surface area contributed by atoms with E-state index in [1.165, 1.54) is 0 Å². The molecule has 8 nitrogen and oxygen atoms in total. The maximum atomic E-state index is 6.56. The van der Waals surface area contributed by atoms with Gasteiger partial charge in [0.05, 0.1) is 12.0 Å². The van der Waals surface area contributed by atoms with Gasteiger partial charge in [-0.15, -0.1) is 0 Å². The number of rotatable bonds is 6. The van der Waals surface area contributed by atoms with E-state index >= 15 is 0 Å². The van der Waals surface area contributed by atoms with Crippen LogP contribution in [0.4, 0.5) is 5.95 Å². The first-order chi connectivity index (χ1) is 15.2. The van der Waals surface area contributed by atoms with Gasteiger partial charge in [0, 0.05) is 34.7 Å². The van der Waals surface area contributed by atoms with E-state index in [0.717, 1.165) is 8.96 Å². The second-order valence-corrected chi connectivity index (χ2v) is 18.7. The van der Waals surface area contributed by atoms with E-state index < -0.39 is 20.3 Å². The monoisotopic (exact) mass is 789 g/mol. The third kappa shape index (κ3) is 5.79. The predicted octanol–water partition coefficient (Wildman–Crippen LogP) is 6.48. The van der Waals surface area contributed by atoms with Gasteiger partial charge in [-0.25, -0.2) is 4.98 Å². The second-order valence-electron chi connectivity index (χ2n) is 10.3. The fourth-order valence-corrected chi connectivity index (χ4v) is 7.04. The van der Waals surface area contributed by atoms with Gasteiger partial charge in [-0.05, 0) is 76.6 Å². The second kappa shape index (κ2) is 10.8. The first-order valence-electron chi connectivity index (χ1n) is 10.7. The Kier molecular flexibility index (Phi) is 9.45. The molecule has 2 aromatic heterocycles. The van der Waals surface area contributed by atoms with Crippen molar-refractivity contribution in [1.29, 1.82) is 0 Å². The number of aromatic nitrogens is 3. The van der Waals surface area contributed by atoms with Crippen molar-refractivity contribution < 1.29 is 37.2 Å². The standard InChI is InChI=1S/C20H30ClI2N4O4PSi.V/c1-19(2,3)33(6,7)28-9-11-13-14(31-20(4,5)30-13)17(29-11)27-8-10(22)12-15(21)24-18(26-32-23)25-16(12)27;/h8,11,13-14,17,32H,9H2,1-7H3,(H,24,25,26);. The Balaban J connectivity index is 0.00000324. The van der Waals surface area contributed by atoms with Gasteiger partial charge in [-0.1, -0.05) is 32.4 Å². The van der Waals surface area contributed by atoms with Crippen LogP contribution in [0.15, 0.2) is 6.20 Å². The number of anilines is 1. The molecule has 1 radical (unpaired) electrons. The molecule has 0 amide bonds. The van der Waals surface area contributed by atoms with E-state index in [9.17, 15) is 0 Å². The summed E-state index contributed by atoms with van der Waals surface area (Å²) in [5, 5.41) is 4.50. The van der Waals surface area contributed by atoms with Gasteiger partial charge in [0.1, 0.15) is 29.1 Å². The Morgan fingerprint density at radius 3 is 2.53 bits per heavy atom. The Morgan fingerprint density at radius 1 is 1.26 bits per heavy atom. The summed E-state index contributed by atoms with van der Waals surface area (Å²) < 4.78 is 28.7. The summed E-state index contributed by atoms with van der Waals surface area (Å²) in [5.41, 5.74) is 0.708. The fourth-order valence-electron chi connectivity index (χ4n) is 3.88. The number of fused-ring (bicyclic) bond motifs is 2. The average Bonchev–Trinajstić information content (AvgIpc) is 3.28. The molecule has 0 aliphatic carbocycles. The molecule has 189 valence electrons. The van der Waals surface area contributed by atoms with Crippen molar-refractivity contribution in [3.8, 4) is 0 Å². The third-order valence-corrected chi connectivity index (χ3v) is 13.3. The average molecular weight is 790 g/mol. The van der Waals surface area contributed by atoms with Gasteiger partial charge in [-0.2, -0.15) is 4.98 Å². The van der Waals surface area contributed by atoms with Gasteiger partial charge < -0.3 is 28.3 Å². The molecule has 34 heavy (non-hydrogen) atoms. The zero-order chi connectivity index (χ0) is 24.3. The van der Waals surface area contributed by atoms with Crippen molar-refractivity contribution >= 4 is 87.9 Å². The van der Waals surface area contributed by atoms with E-state index in [1.807, 2.05) is 24.6 Å². The third-order valence-electron chi connectivity index (χ3n) is 6.55. The first kappa shape index (κ1) is 29.8. The van der Waals surface area contributed by atoms with Crippen molar-refractivity contribution in [1.82, 2.24) is 14.5 Å². The van der Waals surface area contributed by atoms with Crippen molar-refractivity contribution in [2.24, 2.45) is 0 Å². The molecule has 0 saturated carbocycles. The quantitative estimate of drug-likeness (QED) is 0.156. The topological polar surface area (TPSA) is 79.7 Å². The van der Waals surface area contributed by atoms with Crippen LogP contribution in [-0.2, 0) is 37.2 Å². The van der Waals surface area contributed by atoms with Crippen molar-refractivity contribution in [3.05, 3.63) is 14.9 Å². The van der Waals surface area contributed by atoms with E-state index in [-0.39, 0.29) is 41.9 Å². The smallest absolute Gasteiger partial charge is 0.229 e. The fraction of sp³-hybridized carbons (Fsp3) is 0.700. The van der Waals surface area contributed by atoms with Crippen LogP contribution in [0.5, 0.6) is 0 Å². The van der Waals surface area contributed by atoms with Gasteiger partial charge in [0.2, 0.25) is 5.95 Å². The molecule has 1 N–H and O–H groups in total. The Bertz CT molecular complexity index is 1060. The van der Waals surface area contributed by atoms with Crippen LogP contribution in [0.25, 0.3) is 11.0 Å². The number of hydrogen-bond donors (Lipinski definition) is 1. The number of hydrogen-bond acceptors (Lipinski definition) is 7. The number of nitrogens with zero attached hydrogens (tertiary/aromatic N) is 3. The van der Waals surface area contributed by atoms with Crippen molar-refractivity contribution in [3.63, 3.8) is 0 Å². The molecule has 5 unspecified atom stereocenters. The van der Waals surface area contributed by atoms with Gasteiger partial charge in [0.15, 0.2) is 20.3 Å². The van der Waals surface area contributed by atoms with E-state index in [2.05, 4.69) is 88.6 Å². The zero-order valence-corrected chi connectivity index (χ0v) is 28.6. The van der Waals surface area contributed by atoms with Crippen molar-refractivity contribution in [2.45, 2.75) is 83.1 Å². The molecule has 2 fully saturated rings. The molecule has 0 aromatic carbocycles. The molecular weight excluding hydrogens is 760 g/mol. The zero-order valence-electron chi connectivity index (χ0n) is 20.1. The Labute approximate surface area is 247 Å². The Morgan fingerprint density at radius 2 is 1.91 bits per heavy atom. The molecule has 2 aromatic rings. The molecule has 2 saturated heterocycles. The Hall–Kier alpha value is 1.24. The number of ether oxygens (including phenoxy) is 3. The van der Waals surface area contributed by atoms with E-state index in [0.29, 0.717) is 29.7 Å². The minimum absolute atomic E-state index is 0. The number of halogens is 3. The van der Waals surface area contributed by atoms with Gasteiger partial charge >= 0.3 is 0 Å². The van der Waals surface area contributed by atoms with Gasteiger partial charge in [-0.3, -0.25) is 0 Å². The normalized spacial score (nSPS) is 26.9. The molecule has 14 heteroatoms. The van der Waals surface area contributed by atoms with Crippen LogP contribution in [0.3, 0.4) is 0 Å². The SMILES string of the molecule is CC1(C)OC2C(CO[Si](C)(C)C(C)(C)C)OC(n3cc(I)c4c(Cl)nc(NPI)nc43)C2O1.[V]. The summed E-state index contributed by atoms with van der Waals surface area (Å²) in [5.74, 6) is -0.211. The van der Waals surface area contributed by atoms with E-state index in [4.69, 9.17) is 35.2 Å². The van der Waals surface area contributed by atoms with Crippen LogP contribution in [0.2, 0.25) is 23.3 Å². The van der Waals surface area contributed by atoms with Crippen LogP contribution >= 0.6 is 62.6 Å². The first-order valence-corrected chi connectivity index (χ1v) is 19.2. The summed E-state index contributed by atoms with van der Waals surface area (Å²) in [4.78, 5) is 9.13. The summed E-state index contributed by atoms with van der Waals surface area (Å²) in [6.45, 7) is 15.5. The summed E-state index contributed by atoms with van der Waals surface area (Å²) >= 11 is 11.0. The minimum atomic E-state index is -1.95. The van der Waals surface area contributed by atoms with Crippen LogP contribution in [0.1, 0.15) is 40.8 Å². The van der Waals surface area contributed by atoms with Gasteiger partial charge in [0.25, 0.3) is 0 Å². The molecule has 4 rings (SSSR count). The predicted molar refractivity (Wildman–Crippen MR) is 152 cm³/mol. The van der Waals surface area contributed by atoms with Crippen LogP contribution < -0.4 is 5.09 Å². The largest absolute Gasteiger partial charge is 0.414 e. The molecule has 5 atom stereocenters. The molecule has 4 heterocycles. The van der Waals surface area contributed by atoms with E-state index in [1.54, 1.807) is 0 Å². The minimum Gasteiger partial charge on any atom is -0.414 e. The molecular formula is C20H30ClI2N4O4PSiV. The summed E-state index contributed by atoms with van der Waals surface area (Å²) in [6, 6.07) is 0. The summed E-state index contributed by atoms with van der Waals surface area (Å²) in [6.07, 6.45) is 1.22. The molecule has 2 aliphatic heterocycles. The molecule has 0 bridgehead atoms. The maximum Gasteiger partial charge on any atom is 0.229 e. The van der Waals surface area contributed by atoms with Crippen molar-refractivity contribution in [2.75, 3.05) is 11.7 Å². The van der Waals surface area contributed by atoms with Crippen LogP contribution in [0, 0.1) is 3.57 Å².